The largest absolute Gasteiger partial charge is 0.448 e. The van der Waals surface area contributed by atoms with Gasteiger partial charge in [0.2, 0.25) is 5.91 Å². The summed E-state index contributed by atoms with van der Waals surface area (Å²) in [5, 5.41) is 15.8. The summed E-state index contributed by atoms with van der Waals surface area (Å²) < 4.78 is 18.5. The predicted molar refractivity (Wildman–Crippen MR) is 148 cm³/mol. The van der Waals surface area contributed by atoms with Crippen molar-refractivity contribution in [2.24, 2.45) is 11.7 Å². The molecule has 2 aromatic heterocycles. The van der Waals surface area contributed by atoms with Gasteiger partial charge < -0.3 is 20.7 Å². The molecule has 0 atom stereocenters. The number of hydrogen-bond donors (Lipinski definition) is 2. The summed E-state index contributed by atoms with van der Waals surface area (Å²) >= 11 is 1.59. The van der Waals surface area contributed by atoms with Crippen LogP contribution in [0.1, 0.15) is 50.5 Å². The van der Waals surface area contributed by atoms with Gasteiger partial charge in [-0.2, -0.15) is 11.3 Å². The molecule has 204 valence electrons. The molecular formula is C29H32FN5O3S. The molecule has 2 amide bonds. The molecule has 1 saturated heterocycles. The molecule has 0 unspecified atom stereocenters. The first-order valence-corrected chi connectivity index (χ1v) is 14.5. The fourth-order valence-electron chi connectivity index (χ4n) is 6.08. The molecule has 39 heavy (non-hydrogen) atoms. The van der Waals surface area contributed by atoms with Gasteiger partial charge in [-0.25, -0.2) is 9.18 Å². The minimum absolute atomic E-state index is 0.0818. The lowest BCUT2D eigenvalue weighted by atomic mass is 9.71. The monoisotopic (exact) mass is 549 g/mol. The van der Waals surface area contributed by atoms with Crippen LogP contribution in [0.4, 0.5) is 15.0 Å². The predicted octanol–water partition coefficient (Wildman–Crippen LogP) is 5.50. The SMILES string of the molecule is N[C@]1(c2ccc(-c3nnc(NC(=O)CC4CCC(N5CCOC5=O)CC4)cc3-c3ccsc3)cc2)C[C@H](F)C1. The molecule has 3 aliphatic rings. The van der Waals surface area contributed by atoms with E-state index in [9.17, 15) is 14.0 Å². The van der Waals surface area contributed by atoms with E-state index in [2.05, 4.69) is 15.5 Å². The van der Waals surface area contributed by atoms with E-state index in [1.54, 1.807) is 11.3 Å². The van der Waals surface area contributed by atoms with Crippen LogP contribution in [0.15, 0.2) is 47.2 Å². The fourth-order valence-corrected chi connectivity index (χ4v) is 6.74. The number of carbonyl (C=O) groups is 2. The highest BCUT2D eigenvalue weighted by Crippen LogP contribution is 2.42. The molecule has 2 aliphatic carbocycles. The Morgan fingerprint density at radius 2 is 1.90 bits per heavy atom. The number of alkyl halides is 1. The number of nitrogens with two attached hydrogens (primary N) is 1. The van der Waals surface area contributed by atoms with Gasteiger partial charge in [-0.15, -0.1) is 10.2 Å². The van der Waals surface area contributed by atoms with Gasteiger partial charge in [0.25, 0.3) is 0 Å². The Kier molecular flexibility index (Phi) is 7.07. The molecule has 2 saturated carbocycles. The number of thiophene rings is 1. The van der Waals surface area contributed by atoms with Gasteiger partial charge in [0.1, 0.15) is 18.5 Å². The molecule has 3 N–H and O–H groups in total. The molecule has 8 nitrogen and oxygen atoms in total. The highest BCUT2D eigenvalue weighted by molar-refractivity contribution is 7.08. The normalized spacial score (nSPS) is 26.7. The molecule has 3 fully saturated rings. The number of anilines is 1. The number of ether oxygens (including phenoxy) is 1. The summed E-state index contributed by atoms with van der Waals surface area (Å²) in [7, 11) is 0. The summed E-state index contributed by atoms with van der Waals surface area (Å²) in [6.45, 7) is 1.13. The quantitative estimate of drug-likeness (QED) is 0.403. The molecule has 1 aliphatic heterocycles. The van der Waals surface area contributed by atoms with Crippen LogP contribution >= 0.6 is 11.3 Å². The van der Waals surface area contributed by atoms with Crippen LogP contribution in [0.25, 0.3) is 22.4 Å². The van der Waals surface area contributed by atoms with E-state index in [-0.39, 0.29) is 24.0 Å². The van der Waals surface area contributed by atoms with Crippen LogP contribution in [0.5, 0.6) is 0 Å². The van der Waals surface area contributed by atoms with Crippen molar-refractivity contribution in [3.05, 3.63) is 52.7 Å². The first-order chi connectivity index (χ1) is 18.9. The second-order valence-corrected chi connectivity index (χ2v) is 11.8. The van der Waals surface area contributed by atoms with Gasteiger partial charge in [-0.3, -0.25) is 4.79 Å². The van der Waals surface area contributed by atoms with Crippen molar-refractivity contribution in [1.29, 1.82) is 0 Å². The van der Waals surface area contributed by atoms with Crippen molar-refractivity contribution in [2.75, 3.05) is 18.5 Å². The number of nitrogens with one attached hydrogen (secondary N) is 1. The standard InChI is InChI=1S/C29H32FN5O3S/c30-22-15-29(31,16-22)21-5-3-19(4-6-21)27-24(20-9-12-39-17-20)14-25(33-34-27)32-26(36)13-18-1-7-23(8-2-18)35-10-11-38-28(35)37/h3-6,9,12,14,17-18,22-23H,1-2,7-8,10-11,13,15-16,31H2,(H,32,33,36)/t18?,22-,23?,29+. The molecule has 0 bridgehead atoms. The molecule has 6 rings (SSSR count). The van der Waals surface area contributed by atoms with Crippen LogP contribution in [-0.2, 0) is 15.1 Å². The van der Waals surface area contributed by atoms with Gasteiger partial charge in [0, 0.05) is 42.0 Å². The van der Waals surface area contributed by atoms with Crippen molar-refractivity contribution < 1.29 is 18.7 Å². The van der Waals surface area contributed by atoms with E-state index >= 15 is 0 Å². The van der Waals surface area contributed by atoms with Crippen molar-refractivity contribution in [2.45, 2.75) is 62.7 Å². The lowest BCUT2D eigenvalue weighted by molar-refractivity contribution is -0.117. The first-order valence-electron chi connectivity index (χ1n) is 13.6. The van der Waals surface area contributed by atoms with Crippen LogP contribution in [0.2, 0.25) is 0 Å². The summed E-state index contributed by atoms with van der Waals surface area (Å²) in [5.74, 6) is 0.609. The third-order valence-corrected chi connectivity index (χ3v) is 9.00. The molecule has 3 heterocycles. The number of carbonyl (C=O) groups excluding carboxylic acids is 2. The fraction of sp³-hybridized carbons (Fsp3) is 0.448. The average Bonchev–Trinajstić information content (AvgIpc) is 3.61. The average molecular weight is 550 g/mol. The minimum Gasteiger partial charge on any atom is -0.448 e. The van der Waals surface area contributed by atoms with E-state index in [1.807, 2.05) is 52.1 Å². The highest BCUT2D eigenvalue weighted by atomic mass is 32.1. The maximum atomic E-state index is 13.5. The molecule has 1 aromatic carbocycles. The Labute approximate surface area is 230 Å². The van der Waals surface area contributed by atoms with Crippen LogP contribution in [0.3, 0.4) is 0 Å². The number of benzene rings is 1. The van der Waals surface area contributed by atoms with Crippen molar-refractivity contribution in [3.63, 3.8) is 0 Å². The lowest BCUT2D eigenvalue weighted by Gasteiger charge is -2.41. The highest BCUT2D eigenvalue weighted by Gasteiger charge is 2.42. The van der Waals surface area contributed by atoms with Gasteiger partial charge in [0.15, 0.2) is 5.82 Å². The number of amides is 2. The van der Waals surface area contributed by atoms with E-state index in [0.717, 1.165) is 47.9 Å². The number of nitrogens with zero attached hydrogens (tertiary/aromatic N) is 3. The Bertz CT molecular complexity index is 1340. The van der Waals surface area contributed by atoms with Crippen LogP contribution in [0, 0.1) is 5.92 Å². The van der Waals surface area contributed by atoms with Gasteiger partial charge >= 0.3 is 6.09 Å². The summed E-state index contributed by atoms with van der Waals surface area (Å²) in [6.07, 6.45) is 3.63. The molecule has 0 radical (unpaired) electrons. The van der Waals surface area contributed by atoms with Gasteiger partial charge in [0.05, 0.1) is 6.54 Å². The number of rotatable bonds is 7. The maximum Gasteiger partial charge on any atom is 0.410 e. The third kappa shape index (κ3) is 5.40. The lowest BCUT2D eigenvalue weighted by Crippen LogP contribution is -2.50. The summed E-state index contributed by atoms with van der Waals surface area (Å²) in [6, 6.07) is 11.9. The van der Waals surface area contributed by atoms with E-state index in [0.29, 0.717) is 43.9 Å². The Balaban J connectivity index is 1.13. The first kappa shape index (κ1) is 25.9. The second kappa shape index (κ2) is 10.7. The Hall–Kier alpha value is -3.37. The second-order valence-electron chi connectivity index (χ2n) is 11.0. The van der Waals surface area contributed by atoms with Gasteiger partial charge in [-0.05, 0) is 65.6 Å². The smallest absolute Gasteiger partial charge is 0.410 e. The molecule has 0 spiro atoms. The molecule has 3 aromatic rings. The Morgan fingerprint density at radius 1 is 1.13 bits per heavy atom. The van der Waals surface area contributed by atoms with Gasteiger partial charge in [-0.1, -0.05) is 24.3 Å². The number of halogens is 1. The molecule has 10 heteroatoms. The van der Waals surface area contributed by atoms with Crippen LogP contribution in [-0.4, -0.2) is 52.5 Å². The number of cyclic esters (lactones) is 1. The molecular weight excluding hydrogens is 517 g/mol. The number of hydrogen-bond acceptors (Lipinski definition) is 7. The Morgan fingerprint density at radius 3 is 2.54 bits per heavy atom. The van der Waals surface area contributed by atoms with E-state index in [4.69, 9.17) is 10.5 Å². The number of aromatic nitrogens is 2. The zero-order valence-electron chi connectivity index (χ0n) is 21.6. The topological polar surface area (TPSA) is 110 Å². The summed E-state index contributed by atoms with van der Waals surface area (Å²) in [4.78, 5) is 26.6. The minimum atomic E-state index is -0.834. The van der Waals surface area contributed by atoms with Crippen LogP contribution < -0.4 is 11.1 Å². The zero-order chi connectivity index (χ0) is 27.0. The van der Waals surface area contributed by atoms with E-state index < -0.39 is 11.7 Å². The zero-order valence-corrected chi connectivity index (χ0v) is 22.5. The third-order valence-electron chi connectivity index (χ3n) is 8.32. The van der Waals surface area contributed by atoms with Crippen molar-refractivity contribution in [1.82, 2.24) is 15.1 Å². The summed E-state index contributed by atoms with van der Waals surface area (Å²) in [5.41, 5.74) is 10.1. The van der Waals surface area contributed by atoms with Crippen molar-refractivity contribution in [3.8, 4) is 22.4 Å². The maximum absolute atomic E-state index is 13.5. The van der Waals surface area contributed by atoms with Crippen molar-refractivity contribution >= 4 is 29.2 Å². The van der Waals surface area contributed by atoms with E-state index in [1.165, 1.54) is 0 Å².